The van der Waals surface area contributed by atoms with Crippen LogP contribution in [0.15, 0.2) is 0 Å². The van der Waals surface area contributed by atoms with Crippen molar-refractivity contribution in [3.8, 4) is 0 Å². The summed E-state index contributed by atoms with van der Waals surface area (Å²) in [6.07, 6.45) is 3.13. The van der Waals surface area contributed by atoms with Gasteiger partial charge in [-0.3, -0.25) is 14.5 Å². The first kappa shape index (κ1) is 27.1. The van der Waals surface area contributed by atoms with E-state index in [0.29, 0.717) is 6.42 Å². The predicted molar refractivity (Wildman–Crippen MR) is 119 cm³/mol. The summed E-state index contributed by atoms with van der Waals surface area (Å²) in [6.45, 7) is 20.0. The topological polar surface area (TPSA) is 65.1 Å². The van der Waals surface area contributed by atoms with E-state index in [9.17, 15) is 9.59 Å². The first-order chi connectivity index (χ1) is 13.6. The number of rotatable bonds is 10. The maximum Gasteiger partial charge on any atom is 0.317 e. The number of Topliss-reactive ketones (excluding diaryl/α,β-unsaturated/α-hetero) is 1. The van der Waals surface area contributed by atoms with Gasteiger partial charge in [-0.15, -0.1) is 0 Å². The van der Waals surface area contributed by atoms with E-state index in [0.717, 1.165) is 19.3 Å². The number of piperidine rings is 1. The Morgan fingerprint density at radius 2 is 1.57 bits per heavy atom. The van der Waals surface area contributed by atoms with Crippen molar-refractivity contribution in [2.45, 2.75) is 130 Å². The Morgan fingerprint density at radius 1 is 1.07 bits per heavy atom. The van der Waals surface area contributed by atoms with Crippen LogP contribution in [-0.2, 0) is 23.8 Å². The maximum atomic E-state index is 12.8. The number of carbonyl (C=O) groups is 2. The van der Waals surface area contributed by atoms with Gasteiger partial charge in [0.15, 0.2) is 12.0 Å². The van der Waals surface area contributed by atoms with Gasteiger partial charge in [0.1, 0.15) is 11.5 Å². The van der Waals surface area contributed by atoms with Crippen LogP contribution < -0.4 is 0 Å². The summed E-state index contributed by atoms with van der Waals surface area (Å²) in [5, 5.41) is 0. The quantitative estimate of drug-likeness (QED) is 0.371. The Labute approximate surface area is 184 Å². The first-order valence-corrected chi connectivity index (χ1v) is 11.4. The van der Waals surface area contributed by atoms with Crippen molar-refractivity contribution in [1.29, 1.82) is 0 Å². The highest BCUT2D eigenvalue weighted by atomic mass is 16.6. The number of nitrogens with zero attached hydrogens (tertiary/aromatic N) is 1. The molecule has 0 aromatic carbocycles. The van der Waals surface area contributed by atoms with E-state index < -0.39 is 23.7 Å². The Balaban J connectivity index is 2.95. The van der Waals surface area contributed by atoms with E-state index in [2.05, 4.69) is 46.4 Å². The van der Waals surface area contributed by atoms with Gasteiger partial charge in [-0.05, 0) is 81.1 Å². The Morgan fingerprint density at radius 3 is 1.97 bits per heavy atom. The normalized spacial score (nSPS) is 24.5. The van der Waals surface area contributed by atoms with Crippen LogP contribution in [-0.4, -0.2) is 58.9 Å². The molecule has 0 aromatic heterocycles. The van der Waals surface area contributed by atoms with Gasteiger partial charge in [0.05, 0.1) is 12.2 Å². The molecule has 1 heterocycles. The second-order valence-electron chi connectivity index (χ2n) is 10.3. The molecular weight excluding hydrogens is 382 g/mol. The molecule has 1 aliphatic rings. The lowest BCUT2D eigenvalue weighted by atomic mass is 9.77. The number of esters is 1. The van der Waals surface area contributed by atoms with Crippen LogP contribution in [0.3, 0.4) is 0 Å². The smallest absolute Gasteiger partial charge is 0.317 e. The largest absolute Gasteiger partial charge is 0.446 e. The fraction of sp³-hybridized carbons (Fsp3) is 0.917. The molecule has 1 rings (SSSR count). The summed E-state index contributed by atoms with van der Waals surface area (Å²) < 4.78 is 17.5. The van der Waals surface area contributed by atoms with Gasteiger partial charge in [0, 0.05) is 18.2 Å². The highest BCUT2D eigenvalue weighted by Crippen LogP contribution is 2.42. The molecule has 0 aromatic rings. The number of methoxy groups -OCH3 is 1. The van der Waals surface area contributed by atoms with E-state index in [-0.39, 0.29) is 29.1 Å². The molecule has 6 heteroatoms. The minimum Gasteiger partial charge on any atom is -0.446 e. The van der Waals surface area contributed by atoms with Crippen molar-refractivity contribution in [3.63, 3.8) is 0 Å². The van der Waals surface area contributed by atoms with E-state index in [1.54, 1.807) is 13.8 Å². The molecule has 0 spiro atoms. The van der Waals surface area contributed by atoms with Gasteiger partial charge < -0.3 is 14.2 Å². The summed E-state index contributed by atoms with van der Waals surface area (Å²) in [6, 6.07) is 0. The molecule has 0 aliphatic carbocycles. The molecule has 30 heavy (non-hydrogen) atoms. The Bertz CT molecular complexity index is 578. The number of ether oxygens (including phenoxy) is 3. The van der Waals surface area contributed by atoms with Crippen LogP contribution in [0.2, 0.25) is 0 Å². The van der Waals surface area contributed by atoms with Crippen LogP contribution in [0.25, 0.3) is 0 Å². The molecule has 0 bridgehead atoms. The molecular formula is C24H45NO5. The van der Waals surface area contributed by atoms with Crippen LogP contribution in [0.5, 0.6) is 0 Å². The van der Waals surface area contributed by atoms with Crippen LogP contribution in [0.4, 0.5) is 0 Å². The molecule has 6 nitrogen and oxygen atoms in total. The third-order valence-electron chi connectivity index (χ3n) is 6.80. The second kappa shape index (κ2) is 10.1. The highest BCUT2D eigenvalue weighted by molar-refractivity contribution is 6.02. The summed E-state index contributed by atoms with van der Waals surface area (Å²) in [4.78, 5) is 27.9. The molecule has 1 saturated heterocycles. The molecule has 0 radical (unpaired) electrons. The van der Waals surface area contributed by atoms with Gasteiger partial charge in [-0.25, -0.2) is 0 Å². The number of ketones is 1. The van der Waals surface area contributed by atoms with Crippen molar-refractivity contribution in [3.05, 3.63) is 0 Å². The third-order valence-corrected chi connectivity index (χ3v) is 6.80. The zero-order valence-corrected chi connectivity index (χ0v) is 21.1. The van der Waals surface area contributed by atoms with Crippen LogP contribution in [0.1, 0.15) is 94.9 Å². The van der Waals surface area contributed by atoms with Gasteiger partial charge in [-0.1, -0.05) is 13.8 Å². The third kappa shape index (κ3) is 6.04. The van der Waals surface area contributed by atoms with Gasteiger partial charge in [0.2, 0.25) is 0 Å². The monoisotopic (exact) mass is 427 g/mol. The molecule has 0 N–H and O–H groups in total. The molecule has 0 saturated carbocycles. The van der Waals surface area contributed by atoms with Crippen molar-refractivity contribution in [2.75, 3.05) is 7.11 Å². The van der Waals surface area contributed by atoms with E-state index in [1.807, 2.05) is 13.8 Å². The SMILES string of the molecule is CCC(C)OC1CC(C)(C)N(C(C)OC(=O)C(C)C(=O)C(C)(CC)OC)C(C)(C)C1. The standard InChI is InChI=1S/C24H45NO5/c1-12-16(3)29-19-14-22(6,7)25(23(8,9)15-19)18(5)30-21(27)17(4)20(26)24(10,13-2)28-11/h16-19H,12-15H2,1-11H3. The lowest BCUT2D eigenvalue weighted by molar-refractivity contribution is -0.199. The number of hydrogen-bond donors (Lipinski definition) is 0. The number of likely N-dealkylation sites (tertiary alicyclic amines) is 1. The van der Waals surface area contributed by atoms with Gasteiger partial charge >= 0.3 is 5.97 Å². The fourth-order valence-corrected chi connectivity index (χ4v) is 5.01. The average Bonchev–Trinajstić information content (AvgIpc) is 2.63. The minimum absolute atomic E-state index is 0.163. The van der Waals surface area contributed by atoms with Crippen LogP contribution in [0, 0.1) is 5.92 Å². The van der Waals surface area contributed by atoms with Crippen molar-refractivity contribution < 1.29 is 23.8 Å². The second-order valence-corrected chi connectivity index (χ2v) is 10.3. The fourth-order valence-electron chi connectivity index (χ4n) is 5.01. The summed E-state index contributed by atoms with van der Waals surface area (Å²) >= 11 is 0. The predicted octanol–water partition coefficient (Wildman–Crippen LogP) is 4.73. The van der Waals surface area contributed by atoms with Gasteiger partial charge in [0.25, 0.3) is 0 Å². The molecule has 0 amide bonds. The van der Waals surface area contributed by atoms with E-state index in [4.69, 9.17) is 14.2 Å². The number of carbonyl (C=O) groups excluding carboxylic acids is 2. The maximum absolute atomic E-state index is 12.8. The molecule has 1 fully saturated rings. The van der Waals surface area contributed by atoms with Crippen LogP contribution >= 0.6 is 0 Å². The Hall–Kier alpha value is -0.980. The highest BCUT2D eigenvalue weighted by Gasteiger charge is 2.49. The van der Waals surface area contributed by atoms with Gasteiger partial charge in [-0.2, -0.15) is 0 Å². The summed E-state index contributed by atoms with van der Waals surface area (Å²) in [5.41, 5.74) is -1.43. The summed E-state index contributed by atoms with van der Waals surface area (Å²) in [7, 11) is 1.50. The van der Waals surface area contributed by atoms with Crippen molar-refractivity contribution in [2.24, 2.45) is 5.92 Å². The number of hydrogen-bond acceptors (Lipinski definition) is 6. The lowest BCUT2D eigenvalue weighted by Crippen LogP contribution is -2.65. The summed E-state index contributed by atoms with van der Waals surface area (Å²) in [5.74, 6) is -1.63. The zero-order valence-electron chi connectivity index (χ0n) is 21.1. The van der Waals surface area contributed by atoms with E-state index in [1.165, 1.54) is 7.11 Å². The van der Waals surface area contributed by atoms with Crippen molar-refractivity contribution >= 4 is 11.8 Å². The molecule has 4 atom stereocenters. The molecule has 1 aliphatic heterocycles. The van der Waals surface area contributed by atoms with E-state index >= 15 is 0 Å². The molecule has 4 unspecified atom stereocenters. The minimum atomic E-state index is -0.980. The molecule has 176 valence electrons. The average molecular weight is 428 g/mol. The zero-order chi connectivity index (χ0) is 23.5. The lowest BCUT2D eigenvalue weighted by Gasteiger charge is -2.57. The first-order valence-electron chi connectivity index (χ1n) is 11.4. The Kier molecular flexibility index (Phi) is 9.10. The van der Waals surface area contributed by atoms with Crippen molar-refractivity contribution in [1.82, 2.24) is 4.90 Å².